The van der Waals surface area contributed by atoms with Gasteiger partial charge in [-0.1, -0.05) is 13.3 Å². The van der Waals surface area contributed by atoms with E-state index in [0.29, 0.717) is 18.4 Å². The van der Waals surface area contributed by atoms with Crippen molar-refractivity contribution in [2.75, 3.05) is 19.6 Å². The van der Waals surface area contributed by atoms with Gasteiger partial charge in [0.15, 0.2) is 11.6 Å². The van der Waals surface area contributed by atoms with Crippen molar-refractivity contribution in [2.45, 2.75) is 58.7 Å². The van der Waals surface area contributed by atoms with Crippen molar-refractivity contribution in [3.63, 3.8) is 0 Å². The highest BCUT2D eigenvalue weighted by molar-refractivity contribution is 5.78. The number of aromatic nitrogens is 2. The lowest BCUT2D eigenvalue weighted by molar-refractivity contribution is 0.184. The van der Waals surface area contributed by atoms with Crippen LogP contribution >= 0.6 is 0 Å². The summed E-state index contributed by atoms with van der Waals surface area (Å²) in [4.78, 5) is 20.0. The minimum Gasteiger partial charge on any atom is -0.313 e. The number of hydrogen-bond acceptors (Lipinski definition) is 4. The number of nitrogens with zero attached hydrogens (tertiary/aromatic N) is 3. The van der Waals surface area contributed by atoms with E-state index in [0.717, 1.165) is 45.0 Å². The van der Waals surface area contributed by atoms with Gasteiger partial charge in [0.1, 0.15) is 11.2 Å². The highest BCUT2D eigenvalue weighted by Gasteiger charge is 2.27. The van der Waals surface area contributed by atoms with E-state index in [4.69, 9.17) is 0 Å². The molecule has 148 valence electrons. The van der Waals surface area contributed by atoms with E-state index in [2.05, 4.69) is 29.0 Å². The van der Waals surface area contributed by atoms with Gasteiger partial charge in [0.25, 0.3) is 5.56 Å². The molecule has 7 heteroatoms. The van der Waals surface area contributed by atoms with E-state index in [1.54, 1.807) is 0 Å². The lowest BCUT2D eigenvalue weighted by atomic mass is 10.1. The summed E-state index contributed by atoms with van der Waals surface area (Å²) < 4.78 is 29.4. The standard InChI is InChI=1S/C20H28F2N4O/c1-4-6-16(25-11-9-13(3)23-10-12-25)19-24-15-8-7-14(21)18(22)17(15)20(27)26(19)5-2/h7-8,13,16,23H,4-6,9-12H2,1-3H3/t13-,16+/m0/s1. The largest absolute Gasteiger partial charge is 0.313 e. The molecule has 1 aliphatic heterocycles. The second-order valence-corrected chi connectivity index (χ2v) is 7.26. The van der Waals surface area contributed by atoms with Crippen molar-refractivity contribution in [3.05, 3.63) is 39.9 Å². The van der Waals surface area contributed by atoms with Gasteiger partial charge in [-0.15, -0.1) is 0 Å². The molecule has 3 rings (SSSR count). The van der Waals surface area contributed by atoms with Crippen LogP contribution in [-0.2, 0) is 6.54 Å². The zero-order chi connectivity index (χ0) is 19.6. The summed E-state index contributed by atoms with van der Waals surface area (Å²) in [6.07, 6.45) is 2.82. The van der Waals surface area contributed by atoms with Crippen LogP contribution in [0.5, 0.6) is 0 Å². The molecule has 0 aliphatic carbocycles. The molecule has 2 aromatic rings. The molecule has 1 aromatic carbocycles. The van der Waals surface area contributed by atoms with Crippen LogP contribution in [0.15, 0.2) is 16.9 Å². The molecule has 27 heavy (non-hydrogen) atoms. The monoisotopic (exact) mass is 378 g/mol. The maximum atomic E-state index is 14.3. The third kappa shape index (κ3) is 3.89. The Morgan fingerprint density at radius 1 is 1.30 bits per heavy atom. The SMILES string of the molecule is CCC[C@H](c1nc2ccc(F)c(F)c2c(=O)n1CC)N1CCN[C@@H](C)CC1. The van der Waals surface area contributed by atoms with Crippen molar-refractivity contribution in [2.24, 2.45) is 0 Å². The third-order valence-electron chi connectivity index (χ3n) is 5.40. The van der Waals surface area contributed by atoms with Crippen molar-refractivity contribution in [3.8, 4) is 0 Å². The Morgan fingerprint density at radius 3 is 2.78 bits per heavy atom. The Balaban J connectivity index is 2.14. The highest BCUT2D eigenvalue weighted by atomic mass is 19.2. The summed E-state index contributed by atoms with van der Waals surface area (Å²) in [6.45, 7) is 9.15. The minimum absolute atomic E-state index is 0.0211. The number of nitrogens with one attached hydrogen (secondary N) is 1. The molecule has 0 spiro atoms. The molecular formula is C20H28F2N4O. The molecule has 1 fully saturated rings. The normalized spacial score (nSPS) is 20.0. The van der Waals surface area contributed by atoms with Crippen LogP contribution in [0.1, 0.15) is 51.9 Å². The van der Waals surface area contributed by atoms with Gasteiger partial charge in [-0.3, -0.25) is 14.3 Å². The van der Waals surface area contributed by atoms with Crippen molar-refractivity contribution < 1.29 is 8.78 Å². The summed E-state index contributed by atoms with van der Waals surface area (Å²) in [7, 11) is 0. The second kappa shape index (κ2) is 8.44. The number of hydrogen-bond donors (Lipinski definition) is 1. The van der Waals surface area contributed by atoms with Crippen LogP contribution < -0.4 is 10.9 Å². The summed E-state index contributed by atoms with van der Waals surface area (Å²) in [6, 6.07) is 2.86. The fourth-order valence-corrected chi connectivity index (χ4v) is 3.91. The molecular weight excluding hydrogens is 350 g/mol. The molecule has 0 unspecified atom stereocenters. The predicted molar refractivity (Wildman–Crippen MR) is 103 cm³/mol. The van der Waals surface area contributed by atoms with E-state index in [1.807, 2.05) is 6.92 Å². The zero-order valence-electron chi connectivity index (χ0n) is 16.3. The molecule has 1 aliphatic rings. The second-order valence-electron chi connectivity index (χ2n) is 7.26. The summed E-state index contributed by atoms with van der Waals surface area (Å²) in [5.74, 6) is -1.48. The first-order valence-corrected chi connectivity index (χ1v) is 9.83. The maximum Gasteiger partial charge on any atom is 0.264 e. The van der Waals surface area contributed by atoms with Crippen molar-refractivity contribution in [1.29, 1.82) is 0 Å². The lowest BCUT2D eigenvalue weighted by Crippen LogP contribution is -2.37. The molecule has 0 radical (unpaired) electrons. The van der Waals surface area contributed by atoms with Gasteiger partial charge in [0.2, 0.25) is 0 Å². The first kappa shape index (κ1) is 19.9. The van der Waals surface area contributed by atoms with E-state index in [9.17, 15) is 13.6 Å². The fraction of sp³-hybridized carbons (Fsp3) is 0.600. The molecule has 1 aromatic heterocycles. The van der Waals surface area contributed by atoms with Crippen LogP contribution in [0.4, 0.5) is 8.78 Å². The van der Waals surface area contributed by atoms with Gasteiger partial charge in [-0.2, -0.15) is 0 Å². The van der Waals surface area contributed by atoms with Crippen LogP contribution in [0.2, 0.25) is 0 Å². The van der Waals surface area contributed by atoms with Crippen molar-refractivity contribution >= 4 is 10.9 Å². The predicted octanol–water partition coefficient (Wildman–Crippen LogP) is 3.22. The molecule has 5 nitrogen and oxygen atoms in total. The number of benzene rings is 1. The topological polar surface area (TPSA) is 50.2 Å². The van der Waals surface area contributed by atoms with E-state index >= 15 is 0 Å². The zero-order valence-corrected chi connectivity index (χ0v) is 16.3. The van der Waals surface area contributed by atoms with Crippen LogP contribution in [0.3, 0.4) is 0 Å². The van der Waals surface area contributed by atoms with Crippen LogP contribution in [0, 0.1) is 11.6 Å². The smallest absolute Gasteiger partial charge is 0.264 e. The van der Waals surface area contributed by atoms with Gasteiger partial charge >= 0.3 is 0 Å². The van der Waals surface area contributed by atoms with Gasteiger partial charge in [-0.05, 0) is 38.8 Å². The molecule has 1 saturated heterocycles. The molecule has 0 saturated carbocycles. The quantitative estimate of drug-likeness (QED) is 0.868. The van der Waals surface area contributed by atoms with Crippen LogP contribution in [-0.4, -0.2) is 40.1 Å². The average Bonchev–Trinajstić information content (AvgIpc) is 2.87. The lowest BCUT2D eigenvalue weighted by Gasteiger charge is -2.31. The number of fused-ring (bicyclic) bond motifs is 1. The molecule has 2 atom stereocenters. The first-order valence-electron chi connectivity index (χ1n) is 9.83. The molecule has 2 heterocycles. The van der Waals surface area contributed by atoms with Gasteiger partial charge < -0.3 is 5.32 Å². The Bertz CT molecular complexity index is 867. The number of halogens is 2. The van der Waals surface area contributed by atoms with Gasteiger partial charge in [0, 0.05) is 32.2 Å². The van der Waals surface area contributed by atoms with Gasteiger partial charge in [-0.25, -0.2) is 13.8 Å². The first-order chi connectivity index (χ1) is 13.0. The number of rotatable bonds is 5. The van der Waals surface area contributed by atoms with E-state index in [-0.39, 0.29) is 16.9 Å². The Hall–Kier alpha value is -1.86. The summed E-state index contributed by atoms with van der Waals surface area (Å²) in [5, 5.41) is 3.22. The molecule has 1 N–H and O–H groups in total. The molecule has 0 amide bonds. The third-order valence-corrected chi connectivity index (χ3v) is 5.40. The highest BCUT2D eigenvalue weighted by Crippen LogP contribution is 2.27. The maximum absolute atomic E-state index is 14.3. The van der Waals surface area contributed by atoms with Crippen LogP contribution in [0.25, 0.3) is 10.9 Å². The average molecular weight is 378 g/mol. The molecule has 0 bridgehead atoms. The Morgan fingerprint density at radius 2 is 2.07 bits per heavy atom. The van der Waals surface area contributed by atoms with Crippen molar-refractivity contribution in [1.82, 2.24) is 19.8 Å². The summed E-state index contributed by atoms with van der Waals surface area (Å²) >= 11 is 0. The summed E-state index contributed by atoms with van der Waals surface area (Å²) in [5.41, 5.74) is -0.280. The Kier molecular flexibility index (Phi) is 6.22. The Labute approximate surface area is 158 Å². The van der Waals surface area contributed by atoms with E-state index in [1.165, 1.54) is 10.6 Å². The van der Waals surface area contributed by atoms with E-state index < -0.39 is 17.2 Å². The van der Waals surface area contributed by atoms with Gasteiger partial charge in [0.05, 0.1) is 11.6 Å². The fourth-order valence-electron chi connectivity index (χ4n) is 3.91. The minimum atomic E-state index is -1.11.